The van der Waals surface area contributed by atoms with E-state index in [1.54, 1.807) is 12.1 Å². The maximum Gasteiger partial charge on any atom is 0.412 e. The molecule has 0 aliphatic carbocycles. The normalized spacial score (nSPS) is 12.7. The average Bonchev–Trinajstić information content (AvgIpc) is 2.17. The van der Waals surface area contributed by atoms with Crippen LogP contribution in [-0.4, -0.2) is 12.0 Å². The second-order valence-electron chi connectivity index (χ2n) is 3.56. The highest BCUT2D eigenvalue weighted by Gasteiger charge is 2.30. The number of alkyl halides is 3. The quantitative estimate of drug-likeness (QED) is 0.557. The van der Waals surface area contributed by atoms with Crippen LogP contribution in [0.2, 0.25) is 0 Å². The van der Waals surface area contributed by atoms with Crippen molar-refractivity contribution < 1.29 is 18.0 Å². The SMILES string of the molecule is C/C(=C\C(=O)c1ccc(C)cc1)C(F)(F)F. The van der Waals surface area contributed by atoms with E-state index in [9.17, 15) is 18.0 Å². The third-order valence-electron chi connectivity index (χ3n) is 2.13. The number of carbonyl (C=O) groups is 1. The van der Waals surface area contributed by atoms with Gasteiger partial charge in [-0.25, -0.2) is 0 Å². The summed E-state index contributed by atoms with van der Waals surface area (Å²) in [5, 5.41) is 0. The van der Waals surface area contributed by atoms with E-state index < -0.39 is 17.5 Å². The van der Waals surface area contributed by atoms with Crippen LogP contribution in [0.1, 0.15) is 22.8 Å². The molecule has 0 aliphatic heterocycles. The number of ketones is 1. The summed E-state index contributed by atoms with van der Waals surface area (Å²) in [7, 11) is 0. The van der Waals surface area contributed by atoms with Crippen molar-refractivity contribution >= 4 is 5.78 Å². The first-order chi connectivity index (χ1) is 7.30. The molecule has 0 aromatic heterocycles. The van der Waals surface area contributed by atoms with Crippen LogP contribution in [0.3, 0.4) is 0 Å². The Morgan fingerprint density at radius 3 is 2.12 bits per heavy atom. The Morgan fingerprint density at radius 2 is 1.69 bits per heavy atom. The van der Waals surface area contributed by atoms with Crippen LogP contribution >= 0.6 is 0 Å². The number of aryl methyl sites for hydroxylation is 1. The zero-order valence-corrected chi connectivity index (χ0v) is 8.93. The summed E-state index contributed by atoms with van der Waals surface area (Å²) in [6.45, 7) is 2.72. The molecule has 0 aliphatic rings. The van der Waals surface area contributed by atoms with E-state index in [1.807, 2.05) is 6.92 Å². The fourth-order valence-electron chi connectivity index (χ4n) is 1.08. The maximum absolute atomic E-state index is 12.2. The molecule has 0 fully saturated rings. The molecule has 1 nitrogen and oxygen atoms in total. The van der Waals surface area contributed by atoms with Gasteiger partial charge in [0.25, 0.3) is 0 Å². The highest BCUT2D eigenvalue weighted by molar-refractivity contribution is 6.04. The highest BCUT2D eigenvalue weighted by Crippen LogP contribution is 2.25. The van der Waals surface area contributed by atoms with Gasteiger partial charge >= 0.3 is 6.18 Å². The maximum atomic E-state index is 12.2. The zero-order chi connectivity index (χ0) is 12.3. The summed E-state index contributed by atoms with van der Waals surface area (Å²) in [5.41, 5.74) is 0.320. The molecular formula is C12H11F3O. The van der Waals surface area contributed by atoms with Gasteiger partial charge in [-0.3, -0.25) is 4.79 Å². The Morgan fingerprint density at radius 1 is 1.19 bits per heavy atom. The molecule has 1 aromatic rings. The third kappa shape index (κ3) is 3.22. The van der Waals surface area contributed by atoms with Crippen molar-refractivity contribution in [2.45, 2.75) is 20.0 Å². The molecule has 86 valence electrons. The summed E-state index contributed by atoms with van der Waals surface area (Å²) < 4.78 is 36.5. The van der Waals surface area contributed by atoms with E-state index in [2.05, 4.69) is 0 Å². The summed E-state index contributed by atoms with van der Waals surface area (Å²) >= 11 is 0. The van der Waals surface area contributed by atoms with Gasteiger partial charge in [-0.2, -0.15) is 13.2 Å². The van der Waals surface area contributed by atoms with Gasteiger partial charge in [-0.05, 0) is 19.9 Å². The van der Waals surface area contributed by atoms with Gasteiger partial charge in [0.1, 0.15) is 0 Å². The number of allylic oxidation sites excluding steroid dienone is 2. The van der Waals surface area contributed by atoms with Crippen molar-refractivity contribution in [2.24, 2.45) is 0 Å². The van der Waals surface area contributed by atoms with E-state index in [0.29, 0.717) is 6.08 Å². The molecule has 0 spiro atoms. The minimum atomic E-state index is -4.44. The first-order valence-corrected chi connectivity index (χ1v) is 4.67. The summed E-state index contributed by atoms with van der Waals surface area (Å²) in [6, 6.07) is 6.39. The van der Waals surface area contributed by atoms with Crippen molar-refractivity contribution in [3.63, 3.8) is 0 Å². The lowest BCUT2D eigenvalue weighted by Crippen LogP contribution is -2.11. The molecule has 0 bridgehead atoms. The fraction of sp³-hybridized carbons (Fsp3) is 0.250. The van der Waals surface area contributed by atoms with Crippen molar-refractivity contribution in [1.82, 2.24) is 0 Å². The first-order valence-electron chi connectivity index (χ1n) is 4.67. The van der Waals surface area contributed by atoms with Crippen LogP contribution in [-0.2, 0) is 0 Å². The second kappa shape index (κ2) is 4.51. The average molecular weight is 228 g/mol. The van der Waals surface area contributed by atoms with E-state index in [4.69, 9.17) is 0 Å². The van der Waals surface area contributed by atoms with E-state index in [1.165, 1.54) is 12.1 Å². The minimum Gasteiger partial charge on any atom is -0.289 e. The van der Waals surface area contributed by atoms with Crippen LogP contribution in [0.4, 0.5) is 13.2 Å². The molecule has 0 N–H and O–H groups in total. The lowest BCUT2D eigenvalue weighted by molar-refractivity contribution is -0.0913. The van der Waals surface area contributed by atoms with E-state index in [0.717, 1.165) is 12.5 Å². The largest absolute Gasteiger partial charge is 0.412 e. The Balaban J connectivity index is 2.92. The molecule has 4 heteroatoms. The fourth-order valence-corrected chi connectivity index (χ4v) is 1.08. The molecule has 0 amide bonds. The number of hydrogen-bond acceptors (Lipinski definition) is 1. The van der Waals surface area contributed by atoms with Crippen molar-refractivity contribution in [3.8, 4) is 0 Å². The van der Waals surface area contributed by atoms with Gasteiger partial charge in [-0.15, -0.1) is 0 Å². The molecule has 0 unspecified atom stereocenters. The van der Waals surface area contributed by atoms with Crippen LogP contribution in [0.25, 0.3) is 0 Å². The first kappa shape index (κ1) is 12.5. The van der Waals surface area contributed by atoms with Gasteiger partial charge in [0.05, 0.1) is 0 Å². The van der Waals surface area contributed by atoms with Crippen molar-refractivity contribution in [1.29, 1.82) is 0 Å². The summed E-state index contributed by atoms with van der Waals surface area (Å²) in [4.78, 5) is 11.4. The monoisotopic (exact) mass is 228 g/mol. The van der Waals surface area contributed by atoms with Crippen molar-refractivity contribution in [2.75, 3.05) is 0 Å². The summed E-state index contributed by atoms with van der Waals surface area (Å²) in [6.07, 6.45) is -3.83. The van der Waals surface area contributed by atoms with Gasteiger partial charge in [0.15, 0.2) is 5.78 Å². The predicted molar refractivity (Wildman–Crippen MR) is 55.3 cm³/mol. The highest BCUT2D eigenvalue weighted by atomic mass is 19.4. The van der Waals surface area contributed by atoms with Gasteiger partial charge in [0, 0.05) is 11.1 Å². The molecular weight excluding hydrogens is 217 g/mol. The van der Waals surface area contributed by atoms with Crippen LogP contribution in [0.5, 0.6) is 0 Å². The van der Waals surface area contributed by atoms with Gasteiger partial charge in [-0.1, -0.05) is 29.8 Å². The number of halogens is 3. The van der Waals surface area contributed by atoms with Gasteiger partial charge < -0.3 is 0 Å². The van der Waals surface area contributed by atoms with Crippen LogP contribution in [0.15, 0.2) is 35.9 Å². The third-order valence-corrected chi connectivity index (χ3v) is 2.13. The van der Waals surface area contributed by atoms with Crippen LogP contribution in [0, 0.1) is 6.92 Å². The number of hydrogen-bond donors (Lipinski definition) is 0. The van der Waals surface area contributed by atoms with Crippen molar-refractivity contribution in [3.05, 3.63) is 47.0 Å². The molecule has 0 atom stereocenters. The second-order valence-corrected chi connectivity index (χ2v) is 3.56. The lowest BCUT2D eigenvalue weighted by Gasteiger charge is -2.05. The molecule has 1 aromatic carbocycles. The Labute approximate surface area is 91.6 Å². The van der Waals surface area contributed by atoms with E-state index >= 15 is 0 Å². The summed E-state index contributed by atoms with van der Waals surface area (Å²) in [5.74, 6) is -0.630. The number of carbonyl (C=O) groups excluding carboxylic acids is 1. The number of rotatable bonds is 2. The van der Waals surface area contributed by atoms with Gasteiger partial charge in [0.2, 0.25) is 0 Å². The minimum absolute atomic E-state index is 0.259. The zero-order valence-electron chi connectivity index (χ0n) is 8.93. The molecule has 0 heterocycles. The molecule has 16 heavy (non-hydrogen) atoms. The topological polar surface area (TPSA) is 17.1 Å². The lowest BCUT2D eigenvalue weighted by atomic mass is 10.1. The molecule has 1 rings (SSSR count). The smallest absolute Gasteiger partial charge is 0.289 e. The predicted octanol–water partition coefficient (Wildman–Crippen LogP) is 3.69. The van der Waals surface area contributed by atoms with E-state index in [-0.39, 0.29) is 5.56 Å². The molecule has 0 saturated carbocycles. The molecule has 0 saturated heterocycles. The van der Waals surface area contributed by atoms with Crippen LogP contribution < -0.4 is 0 Å². The Kier molecular flexibility index (Phi) is 3.52. The standard InChI is InChI=1S/C12H11F3O/c1-8-3-5-10(6-4-8)11(16)7-9(2)12(13,14)15/h3-7H,1-2H3/b9-7+. The Bertz CT molecular complexity index is 413. The number of benzene rings is 1. The Hall–Kier alpha value is -1.58. The molecule has 0 radical (unpaired) electrons.